The Kier molecular flexibility index (Phi) is 4.74. The van der Waals surface area contributed by atoms with Gasteiger partial charge in [0.05, 0.1) is 23.1 Å². The normalized spacial score (nSPS) is 12.0. The molecule has 0 saturated carbocycles. The van der Waals surface area contributed by atoms with E-state index in [1.165, 1.54) is 21.9 Å². The molecule has 2 aromatic rings. The van der Waals surface area contributed by atoms with Crippen molar-refractivity contribution >= 4 is 28.7 Å². The molecule has 2 heterocycles. The summed E-state index contributed by atoms with van der Waals surface area (Å²) in [5.74, 6) is 1.00. The first-order valence-electron chi connectivity index (χ1n) is 6.72. The summed E-state index contributed by atoms with van der Waals surface area (Å²) in [5.41, 5.74) is 0.0259. The van der Waals surface area contributed by atoms with Crippen LogP contribution < -0.4 is 10.6 Å². The standard InChI is InChI=1S/C14H18N4O2S/c1-4-15-13-7-11(18(19)20)8-14(17-13)16-10(3)12-6-5-9(2)21-12/h5-8,10H,4H2,1-3H3,(H2,15,16,17). The maximum Gasteiger partial charge on any atom is 0.276 e. The molecule has 0 radical (unpaired) electrons. The predicted molar refractivity (Wildman–Crippen MR) is 86.1 cm³/mol. The number of thiophene rings is 1. The van der Waals surface area contributed by atoms with Gasteiger partial charge in [-0.3, -0.25) is 10.1 Å². The summed E-state index contributed by atoms with van der Waals surface area (Å²) in [5, 5.41) is 17.2. The second-order valence-electron chi connectivity index (χ2n) is 4.70. The molecule has 0 aliphatic carbocycles. The van der Waals surface area contributed by atoms with Crippen LogP contribution in [0.3, 0.4) is 0 Å². The van der Waals surface area contributed by atoms with Crippen LogP contribution in [0.1, 0.15) is 29.6 Å². The molecule has 0 aromatic carbocycles. The molecule has 112 valence electrons. The van der Waals surface area contributed by atoms with E-state index in [0.717, 1.165) is 0 Å². The topological polar surface area (TPSA) is 80.1 Å². The third-order valence-electron chi connectivity index (χ3n) is 2.93. The first-order chi connectivity index (χ1) is 9.99. The number of nitro groups is 1. The van der Waals surface area contributed by atoms with Gasteiger partial charge in [0, 0.05) is 16.3 Å². The van der Waals surface area contributed by atoms with Gasteiger partial charge >= 0.3 is 0 Å². The fourth-order valence-corrected chi connectivity index (χ4v) is 2.83. The molecule has 1 atom stereocenters. The Hall–Kier alpha value is -2.15. The quantitative estimate of drug-likeness (QED) is 0.623. The highest BCUT2D eigenvalue weighted by Crippen LogP contribution is 2.27. The fourth-order valence-electron chi connectivity index (χ4n) is 1.95. The van der Waals surface area contributed by atoms with E-state index in [4.69, 9.17) is 0 Å². The molecule has 0 fully saturated rings. The molecule has 0 aliphatic heterocycles. The van der Waals surface area contributed by atoms with Gasteiger partial charge in [-0.25, -0.2) is 4.98 Å². The highest BCUT2D eigenvalue weighted by molar-refractivity contribution is 7.12. The van der Waals surface area contributed by atoms with E-state index < -0.39 is 4.92 Å². The molecule has 0 amide bonds. The third kappa shape index (κ3) is 3.91. The number of nitrogens with zero attached hydrogens (tertiary/aromatic N) is 2. The van der Waals surface area contributed by atoms with Gasteiger partial charge in [0.2, 0.25) is 0 Å². The first kappa shape index (κ1) is 15.2. The average molecular weight is 306 g/mol. The predicted octanol–water partition coefficient (Wildman–Crippen LogP) is 3.96. The zero-order valence-electron chi connectivity index (χ0n) is 12.2. The minimum Gasteiger partial charge on any atom is -0.370 e. The van der Waals surface area contributed by atoms with Gasteiger partial charge in [-0.15, -0.1) is 11.3 Å². The second-order valence-corrected chi connectivity index (χ2v) is 6.02. The van der Waals surface area contributed by atoms with Crippen molar-refractivity contribution in [3.63, 3.8) is 0 Å². The molecule has 0 bridgehead atoms. The van der Waals surface area contributed by atoms with Crippen molar-refractivity contribution in [3.8, 4) is 0 Å². The SMILES string of the molecule is CCNc1cc([N+](=O)[O-])cc(NC(C)c2ccc(C)s2)n1. The number of aromatic nitrogens is 1. The second kappa shape index (κ2) is 6.53. The first-order valence-corrected chi connectivity index (χ1v) is 7.54. The van der Waals surface area contributed by atoms with Crippen LogP contribution in [-0.2, 0) is 0 Å². The number of pyridine rings is 1. The van der Waals surface area contributed by atoms with Crippen LogP contribution in [0.15, 0.2) is 24.3 Å². The molecule has 2 rings (SSSR count). The van der Waals surface area contributed by atoms with Gasteiger partial charge in [-0.05, 0) is 32.9 Å². The highest BCUT2D eigenvalue weighted by Gasteiger charge is 2.14. The third-order valence-corrected chi connectivity index (χ3v) is 4.11. The van der Waals surface area contributed by atoms with Crippen molar-refractivity contribution in [1.82, 2.24) is 4.98 Å². The Labute approximate surface area is 127 Å². The molecule has 1 unspecified atom stereocenters. The maximum atomic E-state index is 11.0. The molecule has 2 aromatic heterocycles. The Balaban J connectivity index is 2.23. The summed E-state index contributed by atoms with van der Waals surface area (Å²) < 4.78 is 0. The minimum absolute atomic E-state index is 0.0259. The molecule has 0 saturated heterocycles. The lowest BCUT2D eigenvalue weighted by molar-refractivity contribution is -0.384. The lowest BCUT2D eigenvalue weighted by atomic mass is 10.2. The monoisotopic (exact) mass is 306 g/mol. The summed E-state index contributed by atoms with van der Waals surface area (Å²) in [6, 6.07) is 7.06. The van der Waals surface area contributed by atoms with Crippen LogP contribution in [0.2, 0.25) is 0 Å². The number of hydrogen-bond acceptors (Lipinski definition) is 6. The van der Waals surface area contributed by atoms with Crippen molar-refractivity contribution in [2.75, 3.05) is 17.2 Å². The Morgan fingerprint density at radius 1 is 1.38 bits per heavy atom. The van der Waals surface area contributed by atoms with Crippen LogP contribution in [0.4, 0.5) is 17.3 Å². The largest absolute Gasteiger partial charge is 0.370 e. The van der Waals surface area contributed by atoms with E-state index in [2.05, 4.69) is 34.7 Å². The molecule has 7 heteroatoms. The van der Waals surface area contributed by atoms with Gasteiger partial charge in [-0.2, -0.15) is 0 Å². The van der Waals surface area contributed by atoms with Gasteiger partial charge in [0.15, 0.2) is 0 Å². The fraction of sp³-hybridized carbons (Fsp3) is 0.357. The van der Waals surface area contributed by atoms with Crippen molar-refractivity contribution < 1.29 is 4.92 Å². The van der Waals surface area contributed by atoms with Gasteiger partial charge in [0.25, 0.3) is 5.69 Å². The number of nitrogens with one attached hydrogen (secondary N) is 2. The minimum atomic E-state index is -0.409. The summed E-state index contributed by atoms with van der Waals surface area (Å²) >= 11 is 1.70. The molecule has 6 nitrogen and oxygen atoms in total. The number of aryl methyl sites for hydroxylation is 1. The number of anilines is 2. The lowest BCUT2D eigenvalue weighted by Gasteiger charge is -2.14. The summed E-state index contributed by atoms with van der Waals surface area (Å²) in [4.78, 5) is 17.3. The summed E-state index contributed by atoms with van der Waals surface area (Å²) in [6.45, 7) is 6.65. The molecule has 2 N–H and O–H groups in total. The van der Waals surface area contributed by atoms with Gasteiger partial charge in [0.1, 0.15) is 11.6 Å². The van der Waals surface area contributed by atoms with Crippen molar-refractivity contribution in [2.45, 2.75) is 26.8 Å². The Morgan fingerprint density at radius 2 is 2.10 bits per heavy atom. The van der Waals surface area contributed by atoms with Gasteiger partial charge < -0.3 is 10.6 Å². The van der Waals surface area contributed by atoms with Crippen LogP contribution in [0, 0.1) is 17.0 Å². The van der Waals surface area contributed by atoms with Gasteiger partial charge in [-0.1, -0.05) is 0 Å². The van der Waals surface area contributed by atoms with Crippen molar-refractivity contribution in [1.29, 1.82) is 0 Å². The van der Waals surface area contributed by atoms with Crippen LogP contribution in [-0.4, -0.2) is 16.5 Å². The van der Waals surface area contributed by atoms with E-state index in [-0.39, 0.29) is 11.7 Å². The number of rotatable bonds is 6. The molecule has 0 aliphatic rings. The molecule has 21 heavy (non-hydrogen) atoms. The molecular formula is C14H18N4O2S. The van der Waals surface area contributed by atoms with E-state index in [1.807, 2.05) is 13.8 Å². The lowest BCUT2D eigenvalue weighted by Crippen LogP contribution is -2.09. The summed E-state index contributed by atoms with van der Waals surface area (Å²) in [6.07, 6.45) is 0. The van der Waals surface area contributed by atoms with E-state index in [0.29, 0.717) is 18.2 Å². The average Bonchev–Trinajstić information content (AvgIpc) is 2.85. The highest BCUT2D eigenvalue weighted by atomic mass is 32.1. The van der Waals surface area contributed by atoms with Crippen LogP contribution in [0.25, 0.3) is 0 Å². The van der Waals surface area contributed by atoms with Crippen LogP contribution in [0.5, 0.6) is 0 Å². The maximum absolute atomic E-state index is 11.0. The Bertz CT molecular complexity index is 642. The Morgan fingerprint density at radius 3 is 2.67 bits per heavy atom. The van der Waals surface area contributed by atoms with E-state index in [9.17, 15) is 10.1 Å². The zero-order chi connectivity index (χ0) is 15.4. The summed E-state index contributed by atoms with van der Waals surface area (Å²) in [7, 11) is 0. The molecule has 0 spiro atoms. The van der Waals surface area contributed by atoms with Crippen molar-refractivity contribution in [3.05, 3.63) is 44.1 Å². The van der Waals surface area contributed by atoms with Crippen molar-refractivity contribution in [2.24, 2.45) is 0 Å². The smallest absolute Gasteiger partial charge is 0.276 e. The van der Waals surface area contributed by atoms with E-state index >= 15 is 0 Å². The molecular weight excluding hydrogens is 288 g/mol. The number of hydrogen-bond donors (Lipinski definition) is 2. The zero-order valence-corrected chi connectivity index (χ0v) is 13.0. The van der Waals surface area contributed by atoms with E-state index in [1.54, 1.807) is 11.3 Å². The van der Waals surface area contributed by atoms with Crippen LogP contribution >= 0.6 is 11.3 Å².